The number of benzene rings is 1. The second kappa shape index (κ2) is 5.65. The molecule has 0 aliphatic rings. The van der Waals surface area contributed by atoms with Crippen LogP contribution in [0.3, 0.4) is 0 Å². The van der Waals surface area contributed by atoms with Crippen molar-refractivity contribution in [2.45, 2.75) is 4.83 Å². The lowest BCUT2D eigenvalue weighted by molar-refractivity contribution is -0.139. The predicted molar refractivity (Wildman–Crippen MR) is 61.5 cm³/mol. The molecule has 16 heavy (non-hydrogen) atoms. The highest BCUT2D eigenvalue weighted by Crippen LogP contribution is 2.24. The SMILES string of the molecule is COC(=O)c1ccc(C(Br)C(=O)OC)cc1. The van der Waals surface area contributed by atoms with Gasteiger partial charge in [-0.05, 0) is 17.7 Å². The van der Waals surface area contributed by atoms with E-state index in [0.29, 0.717) is 5.56 Å². The number of carbonyl (C=O) groups excluding carboxylic acids is 2. The molecule has 4 nitrogen and oxygen atoms in total. The van der Waals surface area contributed by atoms with Gasteiger partial charge in [0.15, 0.2) is 0 Å². The van der Waals surface area contributed by atoms with Gasteiger partial charge in [0.1, 0.15) is 4.83 Å². The van der Waals surface area contributed by atoms with Crippen molar-refractivity contribution in [3.05, 3.63) is 35.4 Å². The molecule has 0 aromatic heterocycles. The Labute approximate surface area is 102 Å². The van der Waals surface area contributed by atoms with E-state index in [4.69, 9.17) is 0 Å². The van der Waals surface area contributed by atoms with Gasteiger partial charge in [-0.2, -0.15) is 0 Å². The fraction of sp³-hybridized carbons (Fsp3) is 0.273. The zero-order valence-electron chi connectivity index (χ0n) is 8.90. The lowest BCUT2D eigenvalue weighted by Crippen LogP contribution is -2.08. The second-order valence-corrected chi connectivity index (χ2v) is 3.91. The Hall–Kier alpha value is -1.36. The van der Waals surface area contributed by atoms with Gasteiger partial charge in [-0.25, -0.2) is 4.79 Å². The second-order valence-electron chi connectivity index (χ2n) is 3.00. The van der Waals surface area contributed by atoms with Gasteiger partial charge in [-0.3, -0.25) is 4.79 Å². The third-order valence-electron chi connectivity index (χ3n) is 2.03. The van der Waals surface area contributed by atoms with Crippen LogP contribution in [-0.4, -0.2) is 26.2 Å². The Morgan fingerprint density at radius 2 is 1.69 bits per heavy atom. The molecule has 5 heteroatoms. The minimum Gasteiger partial charge on any atom is -0.468 e. The van der Waals surface area contributed by atoms with E-state index < -0.39 is 10.8 Å². The van der Waals surface area contributed by atoms with Crippen molar-refractivity contribution >= 4 is 27.9 Å². The van der Waals surface area contributed by atoms with Crippen LogP contribution in [0.25, 0.3) is 0 Å². The first kappa shape index (κ1) is 12.7. The maximum Gasteiger partial charge on any atom is 0.337 e. The van der Waals surface area contributed by atoms with Crippen LogP contribution in [0.15, 0.2) is 24.3 Å². The summed E-state index contributed by atoms with van der Waals surface area (Å²) in [5, 5.41) is 0. The van der Waals surface area contributed by atoms with Crippen molar-refractivity contribution in [1.82, 2.24) is 0 Å². The molecule has 0 radical (unpaired) electrons. The molecule has 0 heterocycles. The summed E-state index contributed by atoms with van der Waals surface area (Å²) in [5.41, 5.74) is 1.16. The minimum atomic E-state index is -0.524. The van der Waals surface area contributed by atoms with Crippen LogP contribution in [0.4, 0.5) is 0 Å². The first-order valence-corrected chi connectivity index (χ1v) is 5.42. The number of ether oxygens (including phenoxy) is 2. The smallest absolute Gasteiger partial charge is 0.337 e. The van der Waals surface area contributed by atoms with Crippen molar-refractivity contribution < 1.29 is 19.1 Å². The minimum absolute atomic E-state index is 0.384. The summed E-state index contributed by atoms with van der Waals surface area (Å²) in [5.74, 6) is -0.790. The molecule has 0 saturated heterocycles. The average Bonchev–Trinajstić information content (AvgIpc) is 2.36. The molecule has 1 atom stereocenters. The van der Waals surface area contributed by atoms with E-state index in [1.165, 1.54) is 14.2 Å². The fourth-order valence-corrected chi connectivity index (χ4v) is 1.64. The quantitative estimate of drug-likeness (QED) is 0.631. The zero-order valence-corrected chi connectivity index (χ0v) is 10.5. The summed E-state index contributed by atoms with van der Waals surface area (Å²) >= 11 is 3.20. The van der Waals surface area contributed by atoms with Crippen LogP contribution in [0.2, 0.25) is 0 Å². The molecule has 0 fully saturated rings. The van der Waals surface area contributed by atoms with E-state index in [2.05, 4.69) is 25.4 Å². The number of rotatable bonds is 3. The number of esters is 2. The highest BCUT2D eigenvalue weighted by Gasteiger charge is 2.17. The summed E-state index contributed by atoms with van der Waals surface area (Å²) in [4.78, 5) is 21.9. The Morgan fingerprint density at radius 1 is 1.12 bits per heavy atom. The standard InChI is InChI=1S/C11H11BrO4/c1-15-10(13)8-5-3-7(4-6-8)9(12)11(14)16-2/h3-6,9H,1-2H3. The molecule has 1 aromatic rings. The van der Waals surface area contributed by atoms with Gasteiger partial charge >= 0.3 is 11.9 Å². The van der Waals surface area contributed by atoms with E-state index >= 15 is 0 Å². The highest BCUT2D eigenvalue weighted by molar-refractivity contribution is 9.09. The number of hydrogen-bond acceptors (Lipinski definition) is 4. The Balaban J connectivity index is 2.86. The number of halogens is 1. The van der Waals surface area contributed by atoms with Crippen molar-refractivity contribution in [3.63, 3.8) is 0 Å². The summed E-state index contributed by atoms with van der Waals surface area (Å²) in [6.45, 7) is 0. The maximum atomic E-state index is 11.2. The number of alkyl halides is 1. The van der Waals surface area contributed by atoms with E-state index in [0.717, 1.165) is 5.56 Å². The van der Waals surface area contributed by atoms with Crippen molar-refractivity contribution in [2.75, 3.05) is 14.2 Å². The summed E-state index contributed by atoms with van der Waals surface area (Å²) in [7, 11) is 2.64. The molecule has 0 bridgehead atoms. The first-order chi connectivity index (χ1) is 7.60. The fourth-order valence-electron chi connectivity index (χ4n) is 1.15. The Bertz CT molecular complexity index is 385. The molecule has 1 aromatic carbocycles. The first-order valence-electron chi connectivity index (χ1n) is 4.50. The Morgan fingerprint density at radius 3 is 2.12 bits per heavy atom. The summed E-state index contributed by atoms with van der Waals surface area (Å²) in [6, 6.07) is 6.53. The van der Waals surface area contributed by atoms with Crippen LogP contribution >= 0.6 is 15.9 Å². The van der Waals surface area contributed by atoms with Gasteiger partial charge in [0, 0.05) is 0 Å². The average molecular weight is 287 g/mol. The molecule has 0 aliphatic heterocycles. The normalized spacial score (nSPS) is 11.7. The molecule has 0 N–H and O–H groups in total. The predicted octanol–water partition coefficient (Wildman–Crippen LogP) is 2.08. The van der Waals surface area contributed by atoms with Crippen molar-refractivity contribution in [1.29, 1.82) is 0 Å². The molecule has 0 saturated carbocycles. The maximum absolute atomic E-state index is 11.2. The molecular formula is C11H11BrO4. The molecule has 0 amide bonds. The molecule has 0 aliphatic carbocycles. The van der Waals surface area contributed by atoms with E-state index in [9.17, 15) is 9.59 Å². The van der Waals surface area contributed by atoms with Crippen LogP contribution < -0.4 is 0 Å². The van der Waals surface area contributed by atoms with E-state index in [1.54, 1.807) is 24.3 Å². The van der Waals surface area contributed by atoms with Crippen LogP contribution in [0.1, 0.15) is 20.7 Å². The third-order valence-corrected chi connectivity index (χ3v) is 2.94. The van der Waals surface area contributed by atoms with Gasteiger partial charge in [-0.15, -0.1) is 0 Å². The van der Waals surface area contributed by atoms with E-state index in [-0.39, 0.29) is 5.97 Å². The monoisotopic (exact) mass is 286 g/mol. The molecule has 86 valence electrons. The van der Waals surface area contributed by atoms with Crippen LogP contribution in [-0.2, 0) is 14.3 Å². The number of methoxy groups -OCH3 is 2. The third kappa shape index (κ3) is 2.82. The van der Waals surface area contributed by atoms with Crippen molar-refractivity contribution in [3.8, 4) is 0 Å². The van der Waals surface area contributed by atoms with Gasteiger partial charge < -0.3 is 9.47 Å². The topological polar surface area (TPSA) is 52.6 Å². The lowest BCUT2D eigenvalue weighted by atomic mass is 10.1. The van der Waals surface area contributed by atoms with Gasteiger partial charge in [-0.1, -0.05) is 28.1 Å². The van der Waals surface area contributed by atoms with Gasteiger partial charge in [0.25, 0.3) is 0 Å². The largest absolute Gasteiger partial charge is 0.468 e. The molecular weight excluding hydrogens is 276 g/mol. The van der Waals surface area contributed by atoms with Crippen LogP contribution in [0, 0.1) is 0 Å². The number of hydrogen-bond donors (Lipinski definition) is 0. The molecule has 1 unspecified atom stereocenters. The van der Waals surface area contributed by atoms with E-state index in [1.807, 2.05) is 0 Å². The number of carbonyl (C=O) groups is 2. The Kier molecular flexibility index (Phi) is 4.49. The van der Waals surface area contributed by atoms with Gasteiger partial charge in [0.2, 0.25) is 0 Å². The lowest BCUT2D eigenvalue weighted by Gasteiger charge is -2.08. The van der Waals surface area contributed by atoms with Gasteiger partial charge in [0.05, 0.1) is 19.8 Å². The summed E-state index contributed by atoms with van der Waals surface area (Å²) in [6.07, 6.45) is 0. The van der Waals surface area contributed by atoms with Crippen LogP contribution in [0.5, 0.6) is 0 Å². The molecule has 0 spiro atoms. The summed E-state index contributed by atoms with van der Waals surface area (Å²) < 4.78 is 9.15. The van der Waals surface area contributed by atoms with Crippen molar-refractivity contribution in [2.24, 2.45) is 0 Å². The highest BCUT2D eigenvalue weighted by atomic mass is 79.9. The zero-order chi connectivity index (χ0) is 12.1. The molecule has 1 rings (SSSR count).